The summed E-state index contributed by atoms with van der Waals surface area (Å²) >= 11 is 0. The van der Waals surface area contributed by atoms with Crippen molar-refractivity contribution in [2.24, 2.45) is 5.92 Å². The molecule has 0 amide bonds. The van der Waals surface area contributed by atoms with Crippen molar-refractivity contribution in [2.75, 3.05) is 0 Å². The highest BCUT2D eigenvalue weighted by molar-refractivity contribution is 5.60. The molecule has 0 aliphatic heterocycles. The molecule has 150 valence electrons. The SMILES string of the molecule is C=O.CC(C)CC(C)NO.Cc1cc(C)cc(-c2ccc(CCC=O)o2)c1. The van der Waals surface area contributed by atoms with Gasteiger partial charge in [-0.05, 0) is 57.4 Å². The van der Waals surface area contributed by atoms with Crippen LogP contribution >= 0.6 is 0 Å². The van der Waals surface area contributed by atoms with Gasteiger partial charge >= 0.3 is 0 Å². The van der Waals surface area contributed by atoms with Gasteiger partial charge < -0.3 is 19.2 Å². The number of aldehydes is 1. The Morgan fingerprint density at radius 2 is 1.70 bits per heavy atom. The van der Waals surface area contributed by atoms with Crippen LogP contribution in [0.15, 0.2) is 34.7 Å². The van der Waals surface area contributed by atoms with E-state index in [0.29, 0.717) is 18.8 Å². The summed E-state index contributed by atoms with van der Waals surface area (Å²) in [5, 5.41) is 8.33. The molecule has 5 nitrogen and oxygen atoms in total. The van der Waals surface area contributed by atoms with Crippen LogP contribution in [-0.2, 0) is 16.0 Å². The van der Waals surface area contributed by atoms with Gasteiger partial charge in [0.05, 0.1) is 0 Å². The number of hydrogen-bond acceptors (Lipinski definition) is 5. The molecule has 1 aromatic heterocycles. The molecular formula is C22H33NO4. The summed E-state index contributed by atoms with van der Waals surface area (Å²) in [5.41, 5.74) is 5.75. The summed E-state index contributed by atoms with van der Waals surface area (Å²) in [4.78, 5) is 18.3. The molecule has 0 aliphatic rings. The molecule has 1 atom stereocenters. The minimum atomic E-state index is 0.231. The molecule has 2 aromatic rings. The minimum absolute atomic E-state index is 0.231. The minimum Gasteiger partial charge on any atom is -0.461 e. The van der Waals surface area contributed by atoms with Crippen molar-refractivity contribution in [2.45, 2.75) is 59.9 Å². The second kappa shape index (κ2) is 13.9. The van der Waals surface area contributed by atoms with E-state index < -0.39 is 0 Å². The number of benzene rings is 1. The summed E-state index contributed by atoms with van der Waals surface area (Å²) in [6.07, 6.45) is 3.13. The molecule has 0 saturated heterocycles. The number of hydrogen-bond donors (Lipinski definition) is 2. The molecular weight excluding hydrogens is 342 g/mol. The molecule has 5 heteroatoms. The Morgan fingerprint density at radius 3 is 2.15 bits per heavy atom. The molecule has 0 bridgehead atoms. The fourth-order valence-corrected chi connectivity index (χ4v) is 2.75. The zero-order chi connectivity index (χ0) is 20.8. The lowest BCUT2D eigenvalue weighted by atomic mass is 10.1. The Labute approximate surface area is 162 Å². The second-order valence-corrected chi connectivity index (χ2v) is 7.01. The maximum Gasteiger partial charge on any atom is 0.134 e. The number of carbonyl (C=O) groups excluding carboxylic acids is 2. The fraction of sp³-hybridized carbons (Fsp3) is 0.455. The first-order valence-corrected chi connectivity index (χ1v) is 9.15. The summed E-state index contributed by atoms with van der Waals surface area (Å²) in [7, 11) is 0. The predicted octanol–water partition coefficient (Wildman–Crippen LogP) is 4.91. The monoisotopic (exact) mass is 375 g/mol. The van der Waals surface area contributed by atoms with Gasteiger partial charge in [-0.3, -0.25) is 0 Å². The van der Waals surface area contributed by atoms with E-state index in [2.05, 4.69) is 51.4 Å². The Morgan fingerprint density at radius 1 is 1.11 bits per heavy atom. The highest BCUT2D eigenvalue weighted by Gasteiger charge is 2.05. The van der Waals surface area contributed by atoms with E-state index in [9.17, 15) is 4.79 Å². The van der Waals surface area contributed by atoms with Crippen LogP contribution in [0.2, 0.25) is 0 Å². The summed E-state index contributed by atoms with van der Waals surface area (Å²) < 4.78 is 5.72. The first kappa shape index (κ1) is 24.8. The van der Waals surface area contributed by atoms with E-state index in [1.807, 2.05) is 25.8 Å². The Balaban J connectivity index is 0.000000574. The van der Waals surface area contributed by atoms with Crippen LogP contribution in [0.1, 0.15) is 50.5 Å². The standard InChI is InChI=1S/C15H16O2.C6H15NO.CH2O/c1-11-8-12(2)10-13(9-11)15-6-5-14(17-15)4-3-7-16;1-5(2)4-6(3)7-8;1-2/h5-10H,3-4H2,1-2H3;5-8H,4H2,1-3H3;1H2. The highest BCUT2D eigenvalue weighted by atomic mass is 16.5. The van der Waals surface area contributed by atoms with Gasteiger partial charge in [-0.15, -0.1) is 0 Å². The third-order valence-electron chi connectivity index (χ3n) is 3.72. The maximum absolute atomic E-state index is 10.3. The summed E-state index contributed by atoms with van der Waals surface area (Å²) in [6.45, 7) is 12.4. The molecule has 1 aromatic carbocycles. The van der Waals surface area contributed by atoms with Crippen LogP contribution in [0.5, 0.6) is 0 Å². The van der Waals surface area contributed by atoms with Crippen LogP contribution < -0.4 is 5.48 Å². The van der Waals surface area contributed by atoms with Crippen LogP contribution in [0.4, 0.5) is 0 Å². The van der Waals surface area contributed by atoms with Gasteiger partial charge in [0, 0.05) is 24.4 Å². The number of nitrogens with one attached hydrogen (secondary N) is 1. The quantitative estimate of drug-likeness (QED) is 0.531. The molecule has 27 heavy (non-hydrogen) atoms. The van der Waals surface area contributed by atoms with E-state index in [4.69, 9.17) is 14.4 Å². The van der Waals surface area contributed by atoms with Crippen molar-refractivity contribution in [1.29, 1.82) is 0 Å². The highest BCUT2D eigenvalue weighted by Crippen LogP contribution is 2.24. The zero-order valence-corrected chi connectivity index (χ0v) is 17.1. The van der Waals surface area contributed by atoms with Crippen LogP contribution in [0.3, 0.4) is 0 Å². The van der Waals surface area contributed by atoms with Crippen molar-refractivity contribution in [1.82, 2.24) is 5.48 Å². The summed E-state index contributed by atoms with van der Waals surface area (Å²) in [6, 6.07) is 10.5. The van der Waals surface area contributed by atoms with Gasteiger partial charge in [0.25, 0.3) is 0 Å². The lowest BCUT2D eigenvalue weighted by molar-refractivity contribution is -0.107. The van der Waals surface area contributed by atoms with Crippen molar-refractivity contribution in [3.8, 4) is 11.3 Å². The van der Waals surface area contributed by atoms with Gasteiger partial charge in [-0.2, -0.15) is 0 Å². The van der Waals surface area contributed by atoms with Crippen LogP contribution in [-0.4, -0.2) is 24.3 Å². The number of furan rings is 1. The molecule has 2 N–H and O–H groups in total. The average Bonchev–Trinajstić information content (AvgIpc) is 3.10. The topological polar surface area (TPSA) is 79.5 Å². The third-order valence-corrected chi connectivity index (χ3v) is 3.72. The van der Waals surface area contributed by atoms with Gasteiger partial charge in [0.1, 0.15) is 24.6 Å². The number of aryl methyl sites for hydroxylation is 3. The number of hydroxylamine groups is 1. The van der Waals surface area contributed by atoms with Gasteiger partial charge in [-0.25, -0.2) is 5.48 Å². The largest absolute Gasteiger partial charge is 0.461 e. The normalized spacial score (nSPS) is 11.1. The van der Waals surface area contributed by atoms with E-state index in [1.165, 1.54) is 11.1 Å². The third kappa shape index (κ3) is 10.5. The lowest BCUT2D eigenvalue weighted by Gasteiger charge is -2.10. The second-order valence-electron chi connectivity index (χ2n) is 7.01. The first-order valence-electron chi connectivity index (χ1n) is 9.15. The molecule has 0 saturated carbocycles. The molecule has 0 radical (unpaired) electrons. The van der Waals surface area contributed by atoms with Gasteiger partial charge in [0.15, 0.2) is 0 Å². The fourth-order valence-electron chi connectivity index (χ4n) is 2.75. The maximum atomic E-state index is 10.3. The van der Waals surface area contributed by atoms with E-state index >= 15 is 0 Å². The van der Waals surface area contributed by atoms with Crippen molar-refractivity contribution in [3.05, 3.63) is 47.2 Å². The van der Waals surface area contributed by atoms with Crippen LogP contribution in [0.25, 0.3) is 11.3 Å². The first-order chi connectivity index (χ1) is 12.8. The molecule has 2 rings (SSSR count). The molecule has 1 heterocycles. The van der Waals surface area contributed by atoms with E-state index in [-0.39, 0.29) is 6.04 Å². The molecule has 0 spiro atoms. The smallest absolute Gasteiger partial charge is 0.134 e. The Bertz CT molecular complexity index is 644. The van der Waals surface area contributed by atoms with Crippen molar-refractivity contribution >= 4 is 13.1 Å². The number of rotatable bonds is 7. The molecule has 0 aliphatic carbocycles. The average molecular weight is 376 g/mol. The lowest BCUT2D eigenvalue weighted by Crippen LogP contribution is -2.23. The molecule has 1 unspecified atom stereocenters. The van der Waals surface area contributed by atoms with Gasteiger partial charge in [-0.1, -0.05) is 31.0 Å². The van der Waals surface area contributed by atoms with E-state index in [0.717, 1.165) is 29.8 Å². The van der Waals surface area contributed by atoms with E-state index in [1.54, 1.807) is 0 Å². The zero-order valence-electron chi connectivity index (χ0n) is 17.1. The molecule has 0 fully saturated rings. The van der Waals surface area contributed by atoms with Crippen molar-refractivity contribution in [3.63, 3.8) is 0 Å². The van der Waals surface area contributed by atoms with Crippen LogP contribution in [0, 0.1) is 19.8 Å². The Hall–Kier alpha value is -2.24. The predicted molar refractivity (Wildman–Crippen MR) is 109 cm³/mol. The van der Waals surface area contributed by atoms with Gasteiger partial charge in [0.2, 0.25) is 0 Å². The number of carbonyl (C=O) groups is 2. The summed E-state index contributed by atoms with van der Waals surface area (Å²) in [5.74, 6) is 2.40. The van der Waals surface area contributed by atoms with Crippen molar-refractivity contribution < 1.29 is 19.2 Å². The Kier molecular flexibility index (Phi) is 12.7.